The predicted molar refractivity (Wildman–Crippen MR) is 134 cm³/mol. The molecular formula is C28H22N4. The first-order valence-corrected chi connectivity index (χ1v) is 10.3. The van der Waals surface area contributed by atoms with Crippen LogP contribution in [0.15, 0.2) is 142 Å². The Balaban J connectivity index is 1.77. The third-order valence-corrected chi connectivity index (χ3v) is 4.65. The van der Waals surface area contributed by atoms with Gasteiger partial charge in [0.25, 0.3) is 0 Å². The molecule has 4 nitrogen and oxygen atoms in total. The molecule has 0 unspecified atom stereocenters. The smallest absolute Gasteiger partial charge is 0.121 e. The van der Waals surface area contributed by atoms with Crippen molar-refractivity contribution in [2.45, 2.75) is 0 Å². The third kappa shape index (κ3) is 5.80. The highest BCUT2D eigenvalue weighted by Gasteiger charge is 2.14. The van der Waals surface area contributed by atoms with Crippen LogP contribution in [-0.4, -0.2) is 23.9 Å². The Hall–Kier alpha value is -4.44. The van der Waals surface area contributed by atoms with Gasteiger partial charge in [0.05, 0.1) is 12.4 Å². The number of hydrogen-bond acceptors (Lipinski definition) is 4. The van der Waals surface area contributed by atoms with E-state index in [2.05, 4.69) is 20.4 Å². The molecule has 32 heavy (non-hydrogen) atoms. The van der Waals surface area contributed by atoms with Crippen LogP contribution in [0.4, 0.5) is 0 Å². The monoisotopic (exact) mass is 414 g/mol. The molecule has 0 spiro atoms. The average molecular weight is 415 g/mol. The minimum atomic E-state index is 0.647. The molecule has 0 saturated heterocycles. The minimum Gasteiger partial charge on any atom is -0.158 e. The Morgan fingerprint density at radius 2 is 0.719 bits per heavy atom. The second-order valence-corrected chi connectivity index (χ2v) is 6.94. The van der Waals surface area contributed by atoms with Gasteiger partial charge in [0.2, 0.25) is 0 Å². The molecule has 0 aliphatic rings. The zero-order chi connectivity index (χ0) is 21.8. The van der Waals surface area contributed by atoms with E-state index in [0.29, 0.717) is 11.4 Å². The first-order chi connectivity index (χ1) is 15.9. The lowest BCUT2D eigenvalue weighted by atomic mass is 10.00. The molecule has 0 aliphatic heterocycles. The summed E-state index contributed by atoms with van der Waals surface area (Å²) in [5, 5.41) is 17.9. The molecule has 0 fully saturated rings. The van der Waals surface area contributed by atoms with Crippen molar-refractivity contribution in [2.24, 2.45) is 20.4 Å². The van der Waals surface area contributed by atoms with Crippen LogP contribution >= 0.6 is 0 Å². The average Bonchev–Trinajstić information content (AvgIpc) is 2.87. The summed E-state index contributed by atoms with van der Waals surface area (Å²) in [5.41, 5.74) is 5.07. The van der Waals surface area contributed by atoms with Gasteiger partial charge in [-0.1, -0.05) is 121 Å². The van der Waals surface area contributed by atoms with Gasteiger partial charge in [-0.3, -0.25) is 0 Å². The maximum atomic E-state index is 4.57. The molecule has 154 valence electrons. The lowest BCUT2D eigenvalue weighted by molar-refractivity contribution is 1.23. The normalized spacial score (nSPS) is 12.5. The van der Waals surface area contributed by atoms with Gasteiger partial charge in [-0.05, 0) is 11.1 Å². The van der Waals surface area contributed by atoms with Crippen molar-refractivity contribution in [3.8, 4) is 0 Å². The zero-order valence-electron chi connectivity index (χ0n) is 17.5. The van der Waals surface area contributed by atoms with Crippen molar-refractivity contribution in [3.63, 3.8) is 0 Å². The van der Waals surface area contributed by atoms with E-state index >= 15 is 0 Å². The molecule has 4 aromatic carbocycles. The van der Waals surface area contributed by atoms with E-state index in [1.54, 1.807) is 12.4 Å². The summed E-state index contributed by atoms with van der Waals surface area (Å²) < 4.78 is 0. The van der Waals surface area contributed by atoms with E-state index in [9.17, 15) is 0 Å². The zero-order valence-corrected chi connectivity index (χ0v) is 17.5. The van der Waals surface area contributed by atoms with Crippen molar-refractivity contribution in [2.75, 3.05) is 0 Å². The summed E-state index contributed by atoms with van der Waals surface area (Å²) in [5.74, 6) is 0. The molecule has 4 rings (SSSR count). The Morgan fingerprint density at radius 1 is 0.406 bits per heavy atom. The summed E-state index contributed by atoms with van der Waals surface area (Å²) in [4.78, 5) is 0. The highest BCUT2D eigenvalue weighted by molar-refractivity contribution is 6.53. The van der Waals surface area contributed by atoms with Crippen LogP contribution < -0.4 is 0 Å². The van der Waals surface area contributed by atoms with E-state index in [1.165, 1.54) is 0 Å². The van der Waals surface area contributed by atoms with Crippen molar-refractivity contribution >= 4 is 23.9 Å². The van der Waals surface area contributed by atoms with E-state index in [4.69, 9.17) is 0 Å². The Bertz CT molecular complexity index is 1130. The lowest BCUT2D eigenvalue weighted by Crippen LogP contribution is -2.17. The van der Waals surface area contributed by atoms with Crippen molar-refractivity contribution < 1.29 is 0 Å². The van der Waals surface area contributed by atoms with Crippen molar-refractivity contribution in [1.82, 2.24) is 0 Å². The molecule has 0 N–H and O–H groups in total. The molecule has 0 atom stereocenters. The SMILES string of the molecule is C(=NN=C(C(=NN=Cc1ccccc1)c1ccccc1)c1ccccc1)c1ccccc1. The number of benzene rings is 4. The molecule has 4 aromatic rings. The third-order valence-electron chi connectivity index (χ3n) is 4.65. The second kappa shape index (κ2) is 11.1. The Labute approximate surface area is 188 Å². The lowest BCUT2D eigenvalue weighted by Gasteiger charge is -2.08. The maximum Gasteiger partial charge on any atom is 0.121 e. The molecule has 4 heteroatoms. The molecule has 0 aromatic heterocycles. The van der Waals surface area contributed by atoms with E-state index < -0.39 is 0 Å². The fourth-order valence-electron chi connectivity index (χ4n) is 3.06. The van der Waals surface area contributed by atoms with Crippen LogP contribution in [0.25, 0.3) is 0 Å². The van der Waals surface area contributed by atoms with Gasteiger partial charge >= 0.3 is 0 Å². The van der Waals surface area contributed by atoms with Gasteiger partial charge in [0.15, 0.2) is 0 Å². The number of hydrogen-bond donors (Lipinski definition) is 0. The first-order valence-electron chi connectivity index (χ1n) is 10.3. The Morgan fingerprint density at radius 3 is 1.06 bits per heavy atom. The van der Waals surface area contributed by atoms with Gasteiger partial charge < -0.3 is 0 Å². The number of rotatable bonds is 7. The quantitative estimate of drug-likeness (QED) is 0.262. The van der Waals surface area contributed by atoms with Crippen molar-refractivity contribution in [1.29, 1.82) is 0 Å². The summed E-state index contributed by atoms with van der Waals surface area (Å²) in [6, 6.07) is 39.6. The molecular weight excluding hydrogens is 392 g/mol. The van der Waals surface area contributed by atoms with E-state index in [0.717, 1.165) is 22.3 Å². The Kier molecular flexibility index (Phi) is 7.21. The molecule has 0 amide bonds. The van der Waals surface area contributed by atoms with Crippen molar-refractivity contribution in [3.05, 3.63) is 144 Å². The fourth-order valence-corrected chi connectivity index (χ4v) is 3.06. The van der Waals surface area contributed by atoms with Gasteiger partial charge in [-0.2, -0.15) is 10.2 Å². The molecule has 0 saturated carbocycles. The summed E-state index contributed by atoms with van der Waals surface area (Å²) in [7, 11) is 0. The molecule has 0 aliphatic carbocycles. The largest absolute Gasteiger partial charge is 0.158 e. The summed E-state index contributed by atoms with van der Waals surface area (Å²) in [6.45, 7) is 0. The van der Waals surface area contributed by atoms with Gasteiger partial charge in [-0.25, -0.2) is 0 Å². The van der Waals surface area contributed by atoms with Crippen LogP contribution in [0.5, 0.6) is 0 Å². The maximum absolute atomic E-state index is 4.57. The number of nitrogens with zero attached hydrogens (tertiary/aromatic N) is 4. The van der Waals surface area contributed by atoms with Crippen LogP contribution in [-0.2, 0) is 0 Å². The standard InChI is InChI=1S/C28H22N4/c1-5-13-23(14-6-1)21-29-31-27(25-17-9-3-10-18-25)28(26-19-11-4-12-20-26)32-30-22-24-15-7-2-8-16-24/h1-22H. The van der Waals surface area contributed by atoms with Crippen LogP contribution in [0.1, 0.15) is 22.3 Å². The predicted octanol–water partition coefficient (Wildman–Crippen LogP) is 6.03. The minimum absolute atomic E-state index is 0.647. The highest BCUT2D eigenvalue weighted by atomic mass is 15.2. The van der Waals surface area contributed by atoms with Gasteiger partial charge in [0.1, 0.15) is 11.4 Å². The first kappa shape index (κ1) is 20.8. The second-order valence-electron chi connectivity index (χ2n) is 6.94. The fraction of sp³-hybridized carbons (Fsp3) is 0. The van der Waals surface area contributed by atoms with E-state index in [-0.39, 0.29) is 0 Å². The highest BCUT2D eigenvalue weighted by Crippen LogP contribution is 2.12. The van der Waals surface area contributed by atoms with Crippen LogP contribution in [0, 0.1) is 0 Å². The van der Waals surface area contributed by atoms with E-state index in [1.807, 2.05) is 121 Å². The van der Waals surface area contributed by atoms with Gasteiger partial charge in [-0.15, -0.1) is 10.2 Å². The summed E-state index contributed by atoms with van der Waals surface area (Å²) >= 11 is 0. The molecule has 0 heterocycles. The molecule has 0 radical (unpaired) electrons. The summed E-state index contributed by atoms with van der Waals surface area (Å²) in [6.07, 6.45) is 3.47. The van der Waals surface area contributed by atoms with Crippen LogP contribution in [0.2, 0.25) is 0 Å². The van der Waals surface area contributed by atoms with Gasteiger partial charge in [0, 0.05) is 11.1 Å². The molecule has 0 bridgehead atoms. The van der Waals surface area contributed by atoms with Crippen LogP contribution in [0.3, 0.4) is 0 Å². The topological polar surface area (TPSA) is 49.4 Å².